The van der Waals surface area contributed by atoms with E-state index in [0.717, 1.165) is 23.4 Å². The Morgan fingerprint density at radius 2 is 1.86 bits per heavy atom. The second kappa shape index (κ2) is 11.3. The van der Waals surface area contributed by atoms with E-state index >= 15 is 0 Å². The van der Waals surface area contributed by atoms with Crippen LogP contribution in [0.15, 0.2) is 65.8 Å². The van der Waals surface area contributed by atoms with Gasteiger partial charge in [-0.15, -0.1) is 0 Å². The number of carbonyl (C=O) groups excluding carboxylic acids is 1. The van der Waals surface area contributed by atoms with Crippen LogP contribution in [0.4, 0.5) is 13.2 Å². The number of alkyl halides is 3. The molecule has 12 heteroatoms. The lowest BCUT2D eigenvalue weighted by Crippen LogP contribution is -2.41. The largest absolute Gasteiger partial charge is 0.457 e. The van der Waals surface area contributed by atoms with E-state index in [-0.39, 0.29) is 30.3 Å². The van der Waals surface area contributed by atoms with Crippen molar-refractivity contribution in [2.75, 3.05) is 13.2 Å². The Balaban J connectivity index is 1.86. The number of hydrazine groups is 1. The summed E-state index contributed by atoms with van der Waals surface area (Å²) in [7, 11) is 0. The molecule has 0 atom stereocenters. The number of benzene rings is 2. The van der Waals surface area contributed by atoms with Crippen LogP contribution in [-0.2, 0) is 12.6 Å². The SMILES string of the molecule is N/N=C(/CNC(=O)c1cc(C(F)(F)F)ccc1Oc1ccc(-c2cccc(CCO)n2)cc1)NN. The lowest BCUT2D eigenvalue weighted by molar-refractivity contribution is -0.137. The summed E-state index contributed by atoms with van der Waals surface area (Å²) in [5.41, 5.74) is 3.00. The Labute approximate surface area is 198 Å². The zero-order valence-corrected chi connectivity index (χ0v) is 18.3. The van der Waals surface area contributed by atoms with Crippen molar-refractivity contribution < 1.29 is 27.8 Å². The lowest BCUT2D eigenvalue weighted by atomic mass is 10.1. The quantitative estimate of drug-likeness (QED) is 0.142. The van der Waals surface area contributed by atoms with Crippen LogP contribution in [0, 0.1) is 0 Å². The van der Waals surface area contributed by atoms with Crippen LogP contribution < -0.4 is 27.2 Å². The molecule has 1 aromatic heterocycles. The van der Waals surface area contributed by atoms with E-state index in [2.05, 4.69) is 20.8 Å². The number of amidine groups is 1. The summed E-state index contributed by atoms with van der Waals surface area (Å²) in [6, 6.07) is 14.7. The van der Waals surface area contributed by atoms with Crippen molar-refractivity contribution in [3.63, 3.8) is 0 Å². The average molecular weight is 488 g/mol. The van der Waals surface area contributed by atoms with Gasteiger partial charge in [0.15, 0.2) is 5.84 Å². The predicted octanol–water partition coefficient (Wildman–Crippen LogP) is 2.56. The Hall–Kier alpha value is -4.16. The number of aromatic nitrogens is 1. The standard InChI is InChI=1S/C23H23F3N6O3/c24-23(25,26)15-6-9-20(18(12-15)22(34)29-13-21(31-27)32-28)35-17-7-4-14(5-8-17)19-3-1-2-16(30-19)10-11-33/h1-9,12,33H,10-11,13,27-28H2,(H,29,34)(H,31,32). The maximum Gasteiger partial charge on any atom is 0.416 e. The van der Waals surface area contributed by atoms with E-state index in [1.807, 2.05) is 12.1 Å². The van der Waals surface area contributed by atoms with Gasteiger partial charge in [0.2, 0.25) is 0 Å². The van der Waals surface area contributed by atoms with Gasteiger partial charge in [0, 0.05) is 24.3 Å². The van der Waals surface area contributed by atoms with Crippen LogP contribution >= 0.6 is 0 Å². The molecular formula is C23H23F3N6O3. The summed E-state index contributed by atoms with van der Waals surface area (Å²) in [6.45, 7) is -0.256. The molecule has 1 amide bonds. The molecule has 0 fully saturated rings. The first-order chi connectivity index (χ1) is 16.7. The van der Waals surface area contributed by atoms with Crippen LogP contribution in [0.5, 0.6) is 11.5 Å². The second-order valence-electron chi connectivity index (χ2n) is 7.23. The summed E-state index contributed by atoms with van der Waals surface area (Å²) in [6.07, 6.45) is -4.23. The zero-order valence-electron chi connectivity index (χ0n) is 18.3. The van der Waals surface area contributed by atoms with Crippen molar-refractivity contribution >= 4 is 11.7 Å². The number of nitrogens with two attached hydrogens (primary N) is 2. The predicted molar refractivity (Wildman–Crippen MR) is 123 cm³/mol. The molecular weight excluding hydrogens is 465 g/mol. The van der Waals surface area contributed by atoms with Crippen molar-refractivity contribution in [3.8, 4) is 22.8 Å². The van der Waals surface area contributed by atoms with Gasteiger partial charge in [-0.2, -0.15) is 18.3 Å². The number of nitrogens with zero attached hydrogens (tertiary/aromatic N) is 2. The van der Waals surface area contributed by atoms with Gasteiger partial charge in [-0.3, -0.25) is 9.78 Å². The van der Waals surface area contributed by atoms with E-state index in [1.165, 1.54) is 0 Å². The molecule has 3 aromatic rings. The highest BCUT2D eigenvalue weighted by atomic mass is 19.4. The number of aliphatic hydroxyl groups excluding tert-OH is 1. The number of hydrogen-bond acceptors (Lipinski definition) is 7. The first-order valence-electron chi connectivity index (χ1n) is 10.3. The van der Waals surface area contributed by atoms with Gasteiger partial charge in [0.1, 0.15) is 11.5 Å². The highest BCUT2D eigenvalue weighted by Crippen LogP contribution is 2.34. The minimum atomic E-state index is -4.66. The molecule has 0 spiro atoms. The Kier molecular flexibility index (Phi) is 8.23. The van der Waals surface area contributed by atoms with Crippen LogP contribution in [0.25, 0.3) is 11.3 Å². The summed E-state index contributed by atoms with van der Waals surface area (Å²) in [5.74, 6) is 9.68. The van der Waals surface area contributed by atoms with Crippen LogP contribution in [-0.4, -0.2) is 35.0 Å². The van der Waals surface area contributed by atoms with Crippen molar-refractivity contribution in [2.24, 2.45) is 16.8 Å². The molecule has 1 heterocycles. The molecule has 2 aromatic carbocycles. The van der Waals surface area contributed by atoms with Crippen molar-refractivity contribution in [1.82, 2.24) is 15.7 Å². The average Bonchev–Trinajstić information content (AvgIpc) is 2.85. The number of carbonyl (C=O) groups is 1. The summed E-state index contributed by atoms with van der Waals surface area (Å²) >= 11 is 0. The Morgan fingerprint density at radius 1 is 1.11 bits per heavy atom. The summed E-state index contributed by atoms with van der Waals surface area (Å²) in [5, 5.41) is 14.8. The molecule has 0 unspecified atom stereocenters. The molecule has 7 N–H and O–H groups in total. The minimum absolute atomic E-state index is 0.0139. The number of rotatable bonds is 8. The maximum absolute atomic E-state index is 13.2. The summed E-state index contributed by atoms with van der Waals surface area (Å²) in [4.78, 5) is 17.1. The van der Waals surface area contributed by atoms with Crippen LogP contribution in [0.3, 0.4) is 0 Å². The van der Waals surface area contributed by atoms with Crippen molar-refractivity contribution in [2.45, 2.75) is 12.6 Å². The van der Waals surface area contributed by atoms with Crippen molar-refractivity contribution in [3.05, 3.63) is 77.5 Å². The number of ether oxygens (including phenoxy) is 1. The number of hydrogen-bond donors (Lipinski definition) is 5. The van der Waals surface area contributed by atoms with Crippen molar-refractivity contribution in [1.29, 1.82) is 0 Å². The molecule has 0 saturated heterocycles. The molecule has 3 rings (SSSR count). The first-order valence-corrected chi connectivity index (χ1v) is 10.3. The number of nitrogens with one attached hydrogen (secondary N) is 2. The third-order valence-electron chi connectivity index (χ3n) is 4.84. The number of aliphatic hydroxyl groups is 1. The highest BCUT2D eigenvalue weighted by Gasteiger charge is 2.32. The minimum Gasteiger partial charge on any atom is -0.457 e. The fourth-order valence-corrected chi connectivity index (χ4v) is 3.08. The third kappa shape index (κ3) is 6.68. The monoisotopic (exact) mass is 488 g/mol. The number of amides is 1. The lowest BCUT2D eigenvalue weighted by Gasteiger charge is -2.15. The molecule has 0 radical (unpaired) electrons. The van der Waals surface area contributed by atoms with Gasteiger partial charge < -0.3 is 26.4 Å². The topological polar surface area (TPSA) is 148 Å². The molecule has 0 saturated carbocycles. The zero-order chi connectivity index (χ0) is 25.4. The number of halogens is 3. The van der Waals surface area contributed by atoms with Gasteiger partial charge in [-0.1, -0.05) is 6.07 Å². The molecule has 0 aliphatic rings. The normalized spacial score (nSPS) is 11.7. The fourth-order valence-electron chi connectivity index (χ4n) is 3.08. The van der Waals surface area contributed by atoms with Gasteiger partial charge in [0.25, 0.3) is 5.91 Å². The van der Waals surface area contributed by atoms with Gasteiger partial charge in [-0.25, -0.2) is 5.84 Å². The molecule has 184 valence electrons. The summed E-state index contributed by atoms with van der Waals surface area (Å²) < 4.78 is 45.5. The Bertz CT molecular complexity index is 1200. The Morgan fingerprint density at radius 3 is 2.49 bits per heavy atom. The van der Waals surface area contributed by atoms with E-state index in [4.69, 9.17) is 21.5 Å². The number of hydrazone groups is 1. The molecule has 0 aliphatic carbocycles. The molecule has 0 bridgehead atoms. The van der Waals surface area contributed by atoms with Crippen LogP contribution in [0.1, 0.15) is 21.6 Å². The van der Waals surface area contributed by atoms with E-state index < -0.39 is 17.6 Å². The highest BCUT2D eigenvalue weighted by molar-refractivity contribution is 5.99. The van der Waals surface area contributed by atoms with Crippen LogP contribution in [0.2, 0.25) is 0 Å². The van der Waals surface area contributed by atoms with E-state index in [0.29, 0.717) is 23.9 Å². The van der Waals surface area contributed by atoms with E-state index in [1.54, 1.807) is 30.3 Å². The third-order valence-corrected chi connectivity index (χ3v) is 4.84. The first kappa shape index (κ1) is 25.5. The smallest absolute Gasteiger partial charge is 0.416 e. The second-order valence-corrected chi connectivity index (χ2v) is 7.23. The molecule has 35 heavy (non-hydrogen) atoms. The van der Waals surface area contributed by atoms with E-state index in [9.17, 15) is 18.0 Å². The maximum atomic E-state index is 13.2. The molecule has 9 nitrogen and oxygen atoms in total. The number of pyridine rings is 1. The molecule has 0 aliphatic heterocycles. The fraction of sp³-hybridized carbons (Fsp3) is 0.174. The van der Waals surface area contributed by atoms with Gasteiger partial charge in [0.05, 0.1) is 23.4 Å². The van der Waals surface area contributed by atoms with Gasteiger partial charge >= 0.3 is 6.18 Å². The van der Waals surface area contributed by atoms with Gasteiger partial charge in [-0.05, 0) is 54.6 Å².